The van der Waals surface area contributed by atoms with E-state index < -0.39 is 11.8 Å². The number of rotatable bonds is 4. The standard InChI is InChI=1S/C15H16N4O2/c1-10-12(9-19(2)18-10)6-11(8-16)15(21)17-13-4-3-5-14(20)7-13/h3-5,7,9,11,20H,6H2,1-2H3,(H,17,21)/t11-/m0/s1. The lowest BCUT2D eigenvalue weighted by atomic mass is 10.0. The van der Waals surface area contributed by atoms with Crippen LogP contribution in [0.1, 0.15) is 11.3 Å². The number of anilines is 1. The second kappa shape index (κ2) is 6.09. The number of nitrogens with zero attached hydrogens (tertiary/aromatic N) is 3. The number of phenols is 1. The third-order valence-corrected chi connectivity index (χ3v) is 3.13. The summed E-state index contributed by atoms with van der Waals surface area (Å²) < 4.78 is 1.66. The minimum atomic E-state index is -0.810. The van der Waals surface area contributed by atoms with Gasteiger partial charge in [0.1, 0.15) is 11.7 Å². The highest BCUT2D eigenvalue weighted by Crippen LogP contribution is 2.18. The van der Waals surface area contributed by atoms with E-state index >= 15 is 0 Å². The van der Waals surface area contributed by atoms with Crippen LogP contribution < -0.4 is 5.32 Å². The Hall–Kier alpha value is -2.81. The van der Waals surface area contributed by atoms with Gasteiger partial charge < -0.3 is 10.4 Å². The summed E-state index contributed by atoms with van der Waals surface area (Å²) in [5.74, 6) is -1.15. The van der Waals surface area contributed by atoms with Crippen molar-refractivity contribution < 1.29 is 9.90 Å². The second-order valence-corrected chi connectivity index (χ2v) is 4.84. The van der Waals surface area contributed by atoms with Gasteiger partial charge in [0.05, 0.1) is 11.8 Å². The maximum atomic E-state index is 12.1. The molecule has 0 unspecified atom stereocenters. The molecule has 0 aliphatic carbocycles. The van der Waals surface area contributed by atoms with E-state index in [9.17, 15) is 15.2 Å². The number of aromatic nitrogens is 2. The fourth-order valence-electron chi connectivity index (χ4n) is 2.08. The van der Waals surface area contributed by atoms with E-state index in [1.54, 1.807) is 30.1 Å². The molecule has 0 bridgehead atoms. The Balaban J connectivity index is 2.09. The Morgan fingerprint density at radius 3 is 2.90 bits per heavy atom. The van der Waals surface area contributed by atoms with E-state index in [-0.39, 0.29) is 5.75 Å². The number of hydrogen-bond donors (Lipinski definition) is 2. The van der Waals surface area contributed by atoms with E-state index in [4.69, 9.17) is 0 Å². The Kier molecular flexibility index (Phi) is 4.24. The van der Waals surface area contributed by atoms with Crippen molar-refractivity contribution in [3.05, 3.63) is 41.7 Å². The minimum absolute atomic E-state index is 0.0596. The fourth-order valence-corrected chi connectivity index (χ4v) is 2.08. The molecule has 2 N–H and O–H groups in total. The average molecular weight is 284 g/mol. The van der Waals surface area contributed by atoms with Crippen molar-refractivity contribution >= 4 is 11.6 Å². The van der Waals surface area contributed by atoms with Crippen LogP contribution in [0.15, 0.2) is 30.5 Å². The van der Waals surface area contributed by atoms with Gasteiger partial charge in [0.15, 0.2) is 0 Å². The Morgan fingerprint density at radius 1 is 1.57 bits per heavy atom. The highest BCUT2D eigenvalue weighted by atomic mass is 16.3. The molecule has 1 amide bonds. The van der Waals surface area contributed by atoms with Crippen molar-refractivity contribution in [1.82, 2.24) is 9.78 Å². The third-order valence-electron chi connectivity index (χ3n) is 3.13. The van der Waals surface area contributed by atoms with Gasteiger partial charge in [-0.15, -0.1) is 0 Å². The molecule has 2 rings (SSSR count). The number of aromatic hydroxyl groups is 1. The quantitative estimate of drug-likeness (QED) is 0.895. The van der Waals surface area contributed by atoms with Gasteiger partial charge in [0.25, 0.3) is 0 Å². The molecule has 1 atom stereocenters. The molecule has 1 heterocycles. The van der Waals surface area contributed by atoms with E-state index in [1.807, 2.05) is 13.0 Å². The summed E-state index contributed by atoms with van der Waals surface area (Å²) in [4.78, 5) is 12.1. The average Bonchev–Trinajstić information content (AvgIpc) is 2.74. The maximum absolute atomic E-state index is 12.1. The molecule has 0 saturated heterocycles. The normalized spacial score (nSPS) is 11.7. The predicted molar refractivity (Wildman–Crippen MR) is 77.5 cm³/mol. The topological polar surface area (TPSA) is 90.9 Å². The SMILES string of the molecule is Cc1nn(C)cc1C[C@@H](C#N)C(=O)Nc1cccc(O)c1. The monoisotopic (exact) mass is 284 g/mol. The molecule has 2 aromatic rings. The summed E-state index contributed by atoms with van der Waals surface area (Å²) >= 11 is 0. The summed E-state index contributed by atoms with van der Waals surface area (Å²) in [6.07, 6.45) is 2.11. The molecule has 1 aromatic carbocycles. The lowest BCUT2D eigenvalue weighted by Crippen LogP contribution is -2.23. The number of carbonyl (C=O) groups excluding carboxylic acids is 1. The zero-order valence-corrected chi connectivity index (χ0v) is 11.9. The molecule has 6 nitrogen and oxygen atoms in total. The van der Waals surface area contributed by atoms with Crippen molar-refractivity contribution in [3.63, 3.8) is 0 Å². The number of hydrogen-bond acceptors (Lipinski definition) is 4. The van der Waals surface area contributed by atoms with Crippen LogP contribution in [0.5, 0.6) is 5.75 Å². The summed E-state index contributed by atoms with van der Waals surface area (Å²) in [7, 11) is 1.80. The minimum Gasteiger partial charge on any atom is -0.508 e. The highest BCUT2D eigenvalue weighted by Gasteiger charge is 2.20. The lowest BCUT2D eigenvalue weighted by molar-refractivity contribution is -0.118. The molecule has 0 spiro atoms. The van der Waals surface area contributed by atoms with Crippen molar-refractivity contribution in [1.29, 1.82) is 5.26 Å². The van der Waals surface area contributed by atoms with Gasteiger partial charge >= 0.3 is 0 Å². The van der Waals surface area contributed by atoms with Crippen LogP contribution in [0.25, 0.3) is 0 Å². The number of benzene rings is 1. The summed E-state index contributed by atoms with van der Waals surface area (Å²) in [5.41, 5.74) is 2.14. The van der Waals surface area contributed by atoms with Crippen LogP contribution in [-0.4, -0.2) is 20.8 Å². The molecule has 6 heteroatoms. The molecule has 0 aliphatic rings. The van der Waals surface area contributed by atoms with Crippen LogP contribution in [0.3, 0.4) is 0 Å². The first-order valence-corrected chi connectivity index (χ1v) is 6.48. The third kappa shape index (κ3) is 3.60. The van der Waals surface area contributed by atoms with Crippen LogP contribution >= 0.6 is 0 Å². The zero-order chi connectivity index (χ0) is 15.4. The van der Waals surface area contributed by atoms with E-state index in [0.717, 1.165) is 11.3 Å². The maximum Gasteiger partial charge on any atom is 0.242 e. The van der Waals surface area contributed by atoms with Gasteiger partial charge in [-0.1, -0.05) is 6.07 Å². The van der Waals surface area contributed by atoms with Crippen LogP contribution in [-0.2, 0) is 18.3 Å². The molecule has 108 valence electrons. The number of phenolic OH excluding ortho intramolecular Hbond substituents is 1. The van der Waals surface area contributed by atoms with Crippen LogP contribution in [0, 0.1) is 24.2 Å². The molecular weight excluding hydrogens is 268 g/mol. The Morgan fingerprint density at radius 2 is 2.33 bits per heavy atom. The summed E-state index contributed by atoms with van der Waals surface area (Å²) in [5, 5.41) is 25.4. The van der Waals surface area contributed by atoms with E-state index in [2.05, 4.69) is 10.4 Å². The fraction of sp³-hybridized carbons (Fsp3) is 0.267. The first-order valence-electron chi connectivity index (χ1n) is 6.48. The number of nitrogens with one attached hydrogen (secondary N) is 1. The van der Waals surface area contributed by atoms with Gasteiger partial charge in [-0.2, -0.15) is 10.4 Å². The van der Waals surface area contributed by atoms with E-state index in [0.29, 0.717) is 12.1 Å². The summed E-state index contributed by atoms with van der Waals surface area (Å²) in [6, 6.07) is 8.23. The lowest BCUT2D eigenvalue weighted by Gasteiger charge is -2.10. The zero-order valence-electron chi connectivity index (χ0n) is 11.9. The molecule has 21 heavy (non-hydrogen) atoms. The van der Waals surface area contributed by atoms with Crippen LogP contribution in [0.2, 0.25) is 0 Å². The molecule has 0 saturated carbocycles. The molecule has 0 aliphatic heterocycles. The van der Waals surface area contributed by atoms with Crippen LogP contribution in [0.4, 0.5) is 5.69 Å². The van der Waals surface area contributed by atoms with Gasteiger partial charge in [-0.25, -0.2) is 0 Å². The predicted octanol–water partition coefficient (Wildman–Crippen LogP) is 1.76. The number of carbonyl (C=O) groups is 1. The van der Waals surface area contributed by atoms with Gasteiger partial charge in [0, 0.05) is 31.4 Å². The molecule has 0 radical (unpaired) electrons. The van der Waals surface area contributed by atoms with Gasteiger partial charge in [-0.3, -0.25) is 9.48 Å². The van der Waals surface area contributed by atoms with Crippen molar-refractivity contribution in [2.75, 3.05) is 5.32 Å². The number of nitriles is 1. The first-order chi connectivity index (χ1) is 9.99. The number of amides is 1. The van der Waals surface area contributed by atoms with Gasteiger partial charge in [-0.05, 0) is 24.6 Å². The van der Waals surface area contributed by atoms with E-state index in [1.165, 1.54) is 12.1 Å². The van der Waals surface area contributed by atoms with Gasteiger partial charge in [0.2, 0.25) is 5.91 Å². The largest absolute Gasteiger partial charge is 0.508 e. The molecule has 0 fully saturated rings. The molecule has 1 aromatic heterocycles. The smallest absolute Gasteiger partial charge is 0.242 e. The second-order valence-electron chi connectivity index (χ2n) is 4.84. The summed E-state index contributed by atoms with van der Waals surface area (Å²) in [6.45, 7) is 1.84. The van der Waals surface area contributed by atoms with Crippen molar-refractivity contribution in [2.45, 2.75) is 13.3 Å². The number of aryl methyl sites for hydroxylation is 2. The highest BCUT2D eigenvalue weighted by molar-refractivity contribution is 5.94. The molecular formula is C15H16N4O2. The Bertz CT molecular complexity index is 700. The Labute approximate surface area is 122 Å². The van der Waals surface area contributed by atoms with Crippen molar-refractivity contribution in [2.24, 2.45) is 13.0 Å². The van der Waals surface area contributed by atoms with Crippen molar-refractivity contribution in [3.8, 4) is 11.8 Å². The first kappa shape index (κ1) is 14.6.